The molecule has 5 nitrogen and oxygen atoms in total. The van der Waals surface area contributed by atoms with Crippen molar-refractivity contribution < 1.29 is 19.4 Å². The first-order valence-corrected chi connectivity index (χ1v) is 5.53. The van der Waals surface area contributed by atoms with Crippen LogP contribution in [0.2, 0.25) is 0 Å². The Bertz CT molecular complexity index is 230. The molecule has 1 atom stereocenters. The van der Waals surface area contributed by atoms with Crippen molar-refractivity contribution in [3.8, 4) is 0 Å². The molecule has 0 saturated heterocycles. The number of carbonyl (C=O) groups is 2. The first-order valence-electron chi connectivity index (χ1n) is 5.53. The fraction of sp³-hybridized carbons (Fsp3) is 0.818. The summed E-state index contributed by atoms with van der Waals surface area (Å²) in [7, 11) is 1.59. The van der Waals surface area contributed by atoms with Gasteiger partial charge in [0.15, 0.2) is 0 Å². The Kier molecular flexibility index (Phi) is 7.54. The highest BCUT2D eigenvalue weighted by Gasteiger charge is 2.16. The lowest BCUT2D eigenvalue weighted by atomic mass is 10.2. The first kappa shape index (κ1) is 14.9. The van der Waals surface area contributed by atoms with E-state index in [1.165, 1.54) is 4.90 Å². The van der Waals surface area contributed by atoms with E-state index in [9.17, 15) is 9.59 Å². The Morgan fingerprint density at radius 2 is 2.06 bits per heavy atom. The van der Waals surface area contributed by atoms with Crippen LogP contribution in [-0.2, 0) is 14.3 Å². The van der Waals surface area contributed by atoms with Gasteiger partial charge in [-0.25, -0.2) is 0 Å². The fourth-order valence-electron chi connectivity index (χ4n) is 1.33. The molecular weight excluding hydrogens is 210 g/mol. The van der Waals surface area contributed by atoms with Gasteiger partial charge in [0.25, 0.3) is 0 Å². The van der Waals surface area contributed by atoms with Crippen LogP contribution in [0, 0.1) is 0 Å². The molecule has 0 fully saturated rings. The van der Waals surface area contributed by atoms with Crippen LogP contribution in [0.4, 0.5) is 0 Å². The maximum absolute atomic E-state index is 11.7. The van der Waals surface area contributed by atoms with Crippen LogP contribution in [0.25, 0.3) is 0 Å². The molecule has 0 aromatic heterocycles. The lowest BCUT2D eigenvalue weighted by molar-refractivity contribution is -0.144. The minimum absolute atomic E-state index is 0.0252. The number of hydrogen-bond donors (Lipinski definition) is 1. The van der Waals surface area contributed by atoms with Crippen LogP contribution in [0.1, 0.15) is 33.1 Å². The number of hydrogen-bond acceptors (Lipinski definition) is 3. The zero-order valence-electron chi connectivity index (χ0n) is 10.2. The highest BCUT2D eigenvalue weighted by Crippen LogP contribution is 2.04. The second-order valence-corrected chi connectivity index (χ2v) is 3.79. The predicted molar refractivity (Wildman–Crippen MR) is 60.2 cm³/mol. The standard InChI is InChI=1S/C11H21NO4/c1-4-7-12(8-11(14)15)10(13)6-5-9(2)16-3/h9H,4-8H2,1-3H3,(H,14,15). The Morgan fingerprint density at radius 3 is 2.50 bits per heavy atom. The van der Waals surface area contributed by atoms with Crippen molar-refractivity contribution in [3.63, 3.8) is 0 Å². The topological polar surface area (TPSA) is 66.8 Å². The third-order valence-corrected chi connectivity index (χ3v) is 2.34. The van der Waals surface area contributed by atoms with Gasteiger partial charge in [0.1, 0.15) is 6.54 Å². The van der Waals surface area contributed by atoms with Crippen LogP contribution in [0.5, 0.6) is 0 Å². The van der Waals surface area contributed by atoms with E-state index < -0.39 is 5.97 Å². The molecule has 0 aromatic rings. The molecule has 0 aliphatic heterocycles. The molecule has 0 bridgehead atoms. The van der Waals surface area contributed by atoms with Crippen LogP contribution >= 0.6 is 0 Å². The molecule has 0 aromatic carbocycles. The highest BCUT2D eigenvalue weighted by atomic mass is 16.5. The SMILES string of the molecule is CCCN(CC(=O)O)C(=O)CCC(C)OC. The van der Waals surface area contributed by atoms with Crippen molar-refractivity contribution in [2.75, 3.05) is 20.2 Å². The fourth-order valence-corrected chi connectivity index (χ4v) is 1.33. The molecule has 0 aliphatic rings. The molecule has 16 heavy (non-hydrogen) atoms. The number of nitrogens with zero attached hydrogens (tertiary/aromatic N) is 1. The van der Waals surface area contributed by atoms with E-state index in [1.807, 2.05) is 13.8 Å². The third-order valence-electron chi connectivity index (χ3n) is 2.34. The molecule has 0 saturated carbocycles. The monoisotopic (exact) mass is 231 g/mol. The van der Waals surface area contributed by atoms with E-state index in [0.29, 0.717) is 19.4 Å². The van der Waals surface area contributed by atoms with Crippen LogP contribution in [0.15, 0.2) is 0 Å². The number of amides is 1. The summed E-state index contributed by atoms with van der Waals surface area (Å²) in [5, 5.41) is 8.66. The highest BCUT2D eigenvalue weighted by molar-refractivity contribution is 5.81. The van der Waals surface area contributed by atoms with Gasteiger partial charge in [0.05, 0.1) is 6.10 Å². The summed E-state index contributed by atoms with van der Waals surface area (Å²) in [6.45, 7) is 4.08. The number of carboxylic acids is 1. The quantitative estimate of drug-likeness (QED) is 0.680. The van der Waals surface area contributed by atoms with E-state index in [1.54, 1.807) is 7.11 Å². The summed E-state index contributed by atoms with van der Waals surface area (Å²) in [5.41, 5.74) is 0. The molecule has 0 rings (SSSR count). The van der Waals surface area contributed by atoms with Crippen molar-refractivity contribution in [1.82, 2.24) is 4.90 Å². The van der Waals surface area contributed by atoms with Crippen LogP contribution < -0.4 is 0 Å². The Morgan fingerprint density at radius 1 is 1.44 bits per heavy atom. The van der Waals surface area contributed by atoms with Crippen molar-refractivity contribution in [3.05, 3.63) is 0 Å². The second kappa shape index (κ2) is 8.10. The molecule has 0 radical (unpaired) electrons. The average molecular weight is 231 g/mol. The van der Waals surface area contributed by atoms with Crippen molar-refractivity contribution in [2.24, 2.45) is 0 Å². The van der Waals surface area contributed by atoms with Gasteiger partial charge in [-0.15, -0.1) is 0 Å². The number of aliphatic carboxylic acids is 1. The van der Waals surface area contributed by atoms with Gasteiger partial charge in [-0.3, -0.25) is 9.59 Å². The number of carbonyl (C=O) groups excluding carboxylic acids is 1. The van der Waals surface area contributed by atoms with Gasteiger partial charge < -0.3 is 14.7 Å². The normalized spacial score (nSPS) is 12.2. The van der Waals surface area contributed by atoms with Crippen molar-refractivity contribution in [1.29, 1.82) is 0 Å². The number of methoxy groups -OCH3 is 1. The van der Waals surface area contributed by atoms with Gasteiger partial charge >= 0.3 is 5.97 Å². The minimum Gasteiger partial charge on any atom is -0.480 e. The van der Waals surface area contributed by atoms with Crippen molar-refractivity contribution >= 4 is 11.9 Å². The van der Waals surface area contributed by atoms with E-state index >= 15 is 0 Å². The molecule has 1 unspecified atom stereocenters. The molecule has 1 amide bonds. The molecule has 5 heteroatoms. The number of carboxylic acid groups (broad SMARTS) is 1. The van der Waals surface area contributed by atoms with E-state index in [4.69, 9.17) is 9.84 Å². The molecule has 0 aliphatic carbocycles. The van der Waals surface area contributed by atoms with E-state index in [2.05, 4.69) is 0 Å². The first-order chi connectivity index (χ1) is 7.51. The molecule has 94 valence electrons. The Labute approximate surface area is 96.4 Å². The molecule has 0 spiro atoms. The molecular formula is C11H21NO4. The second-order valence-electron chi connectivity index (χ2n) is 3.79. The maximum Gasteiger partial charge on any atom is 0.323 e. The van der Waals surface area contributed by atoms with Gasteiger partial charge in [-0.05, 0) is 19.8 Å². The smallest absolute Gasteiger partial charge is 0.323 e. The zero-order chi connectivity index (χ0) is 12.6. The van der Waals surface area contributed by atoms with Gasteiger partial charge in [0.2, 0.25) is 5.91 Å². The van der Waals surface area contributed by atoms with Crippen molar-refractivity contribution in [2.45, 2.75) is 39.2 Å². The summed E-state index contributed by atoms with van der Waals surface area (Å²) >= 11 is 0. The van der Waals surface area contributed by atoms with E-state index in [0.717, 1.165) is 6.42 Å². The largest absolute Gasteiger partial charge is 0.480 e. The van der Waals surface area contributed by atoms with Crippen LogP contribution in [0.3, 0.4) is 0 Å². The molecule has 0 heterocycles. The zero-order valence-corrected chi connectivity index (χ0v) is 10.2. The van der Waals surface area contributed by atoms with Gasteiger partial charge in [0, 0.05) is 20.1 Å². The Hall–Kier alpha value is -1.10. The summed E-state index contributed by atoms with van der Waals surface area (Å²) in [6, 6.07) is 0. The van der Waals surface area contributed by atoms with Crippen LogP contribution in [-0.4, -0.2) is 48.2 Å². The summed E-state index contributed by atoms with van der Waals surface area (Å²) in [5.74, 6) is -1.09. The summed E-state index contributed by atoms with van der Waals surface area (Å²) in [4.78, 5) is 23.6. The maximum atomic E-state index is 11.7. The lowest BCUT2D eigenvalue weighted by Gasteiger charge is -2.20. The third kappa shape index (κ3) is 6.40. The summed E-state index contributed by atoms with van der Waals surface area (Å²) in [6.07, 6.45) is 1.74. The lowest BCUT2D eigenvalue weighted by Crippen LogP contribution is -2.36. The van der Waals surface area contributed by atoms with Gasteiger partial charge in [-0.1, -0.05) is 6.92 Å². The minimum atomic E-state index is -0.971. The van der Waals surface area contributed by atoms with E-state index in [-0.39, 0.29) is 18.6 Å². The van der Waals surface area contributed by atoms with Gasteiger partial charge in [-0.2, -0.15) is 0 Å². The average Bonchev–Trinajstić information content (AvgIpc) is 2.24. The predicted octanol–water partition coefficient (Wildman–Crippen LogP) is 1.12. The number of ether oxygens (including phenoxy) is 1. The summed E-state index contributed by atoms with van der Waals surface area (Å²) < 4.78 is 5.03. The Balaban J connectivity index is 4.10. The number of rotatable bonds is 8. The molecule has 1 N–H and O–H groups in total.